The van der Waals surface area contributed by atoms with E-state index in [4.69, 9.17) is 4.74 Å². The third-order valence-electron chi connectivity index (χ3n) is 2.95. The monoisotopic (exact) mass is 461 g/mol. The third kappa shape index (κ3) is 3.77. The summed E-state index contributed by atoms with van der Waals surface area (Å²) >= 11 is 10.5. The van der Waals surface area contributed by atoms with Crippen LogP contribution in [0.4, 0.5) is 5.69 Å². The van der Waals surface area contributed by atoms with Crippen LogP contribution in [0.15, 0.2) is 43.7 Å². The van der Waals surface area contributed by atoms with Gasteiger partial charge in [0.25, 0.3) is 0 Å². The molecule has 0 aromatic heterocycles. The molecule has 0 saturated carbocycles. The van der Waals surface area contributed by atoms with E-state index in [2.05, 4.69) is 78.2 Å². The third-order valence-corrected chi connectivity index (χ3v) is 5.11. The SMILES string of the molecule is COc1cc(NCc2ccc(Br)c(C)c2)c(Br)cc1Br. The van der Waals surface area contributed by atoms with Gasteiger partial charge in [0, 0.05) is 21.6 Å². The van der Waals surface area contributed by atoms with Crippen molar-refractivity contribution in [3.63, 3.8) is 0 Å². The first-order chi connectivity index (χ1) is 9.51. The van der Waals surface area contributed by atoms with Crippen LogP contribution in [0.3, 0.4) is 0 Å². The van der Waals surface area contributed by atoms with E-state index in [0.29, 0.717) is 0 Å². The van der Waals surface area contributed by atoms with Crippen molar-refractivity contribution in [1.82, 2.24) is 0 Å². The number of nitrogens with one attached hydrogen (secondary N) is 1. The summed E-state index contributed by atoms with van der Waals surface area (Å²) in [5.41, 5.74) is 3.47. The molecule has 2 aromatic rings. The first kappa shape index (κ1) is 15.9. The van der Waals surface area contributed by atoms with Gasteiger partial charge in [-0.15, -0.1) is 0 Å². The second-order valence-corrected chi connectivity index (χ2v) is 6.97. The molecule has 0 amide bonds. The van der Waals surface area contributed by atoms with E-state index < -0.39 is 0 Å². The number of halogens is 3. The van der Waals surface area contributed by atoms with Crippen LogP contribution in [0.25, 0.3) is 0 Å². The molecule has 20 heavy (non-hydrogen) atoms. The molecular formula is C15H14Br3NO. The lowest BCUT2D eigenvalue weighted by atomic mass is 10.1. The Balaban J connectivity index is 2.16. The highest BCUT2D eigenvalue weighted by atomic mass is 79.9. The molecule has 0 saturated heterocycles. The number of ether oxygens (including phenoxy) is 1. The van der Waals surface area contributed by atoms with Crippen molar-refractivity contribution in [1.29, 1.82) is 0 Å². The molecule has 0 radical (unpaired) electrons. The number of methoxy groups -OCH3 is 1. The van der Waals surface area contributed by atoms with E-state index >= 15 is 0 Å². The molecule has 0 unspecified atom stereocenters. The highest BCUT2D eigenvalue weighted by Gasteiger charge is 2.07. The van der Waals surface area contributed by atoms with Gasteiger partial charge in [-0.2, -0.15) is 0 Å². The van der Waals surface area contributed by atoms with Gasteiger partial charge in [-0.3, -0.25) is 0 Å². The molecule has 0 fully saturated rings. The van der Waals surface area contributed by atoms with Crippen molar-refractivity contribution >= 4 is 53.5 Å². The molecule has 0 aliphatic carbocycles. The molecule has 0 heterocycles. The van der Waals surface area contributed by atoms with Crippen LogP contribution in [0.5, 0.6) is 5.75 Å². The Bertz CT molecular complexity index is 629. The fourth-order valence-electron chi connectivity index (χ4n) is 1.84. The summed E-state index contributed by atoms with van der Waals surface area (Å²) in [6.07, 6.45) is 0. The average molecular weight is 464 g/mol. The lowest BCUT2D eigenvalue weighted by Crippen LogP contribution is -2.01. The van der Waals surface area contributed by atoms with Crippen LogP contribution in [0.1, 0.15) is 11.1 Å². The summed E-state index contributed by atoms with van der Waals surface area (Å²) in [6.45, 7) is 2.85. The van der Waals surface area contributed by atoms with Crippen LogP contribution >= 0.6 is 47.8 Å². The Hall–Kier alpha value is -0.520. The maximum absolute atomic E-state index is 5.31. The number of aryl methyl sites for hydroxylation is 1. The molecule has 2 rings (SSSR count). The lowest BCUT2D eigenvalue weighted by molar-refractivity contribution is 0.412. The number of hydrogen-bond acceptors (Lipinski definition) is 2. The summed E-state index contributed by atoms with van der Waals surface area (Å²) in [5.74, 6) is 0.808. The van der Waals surface area contributed by atoms with Crippen molar-refractivity contribution in [3.8, 4) is 5.75 Å². The van der Waals surface area contributed by atoms with E-state index in [1.54, 1.807) is 7.11 Å². The second-order valence-electron chi connectivity index (χ2n) is 4.40. The molecule has 1 N–H and O–H groups in total. The topological polar surface area (TPSA) is 21.3 Å². The molecule has 0 aliphatic heterocycles. The first-order valence-electron chi connectivity index (χ1n) is 6.03. The Morgan fingerprint density at radius 2 is 1.75 bits per heavy atom. The minimum absolute atomic E-state index is 0.761. The Morgan fingerprint density at radius 1 is 1.00 bits per heavy atom. The van der Waals surface area contributed by atoms with Gasteiger partial charge in [0.2, 0.25) is 0 Å². The molecule has 0 atom stereocenters. The van der Waals surface area contributed by atoms with E-state index in [1.807, 2.05) is 12.1 Å². The summed E-state index contributed by atoms with van der Waals surface area (Å²) in [7, 11) is 1.66. The molecule has 5 heteroatoms. The number of anilines is 1. The standard InChI is InChI=1S/C15H14Br3NO/c1-9-5-10(3-4-11(9)16)8-19-14-7-15(20-2)13(18)6-12(14)17/h3-7,19H,8H2,1-2H3. The molecule has 2 aromatic carbocycles. The van der Waals surface area contributed by atoms with Gasteiger partial charge >= 0.3 is 0 Å². The van der Waals surface area contributed by atoms with E-state index in [1.165, 1.54) is 11.1 Å². The number of hydrogen-bond donors (Lipinski definition) is 1. The highest BCUT2D eigenvalue weighted by molar-refractivity contribution is 9.11. The smallest absolute Gasteiger partial charge is 0.135 e. The van der Waals surface area contributed by atoms with Gasteiger partial charge in [-0.05, 0) is 62.0 Å². The fourth-order valence-corrected chi connectivity index (χ4v) is 3.38. The van der Waals surface area contributed by atoms with E-state index in [-0.39, 0.29) is 0 Å². The van der Waals surface area contributed by atoms with Crippen LogP contribution in [-0.4, -0.2) is 7.11 Å². The Kier molecular flexibility index (Phi) is 5.52. The van der Waals surface area contributed by atoms with Gasteiger partial charge in [0.1, 0.15) is 5.75 Å². The van der Waals surface area contributed by atoms with Crippen molar-refractivity contribution < 1.29 is 4.74 Å². The van der Waals surface area contributed by atoms with Crippen LogP contribution < -0.4 is 10.1 Å². The van der Waals surface area contributed by atoms with Gasteiger partial charge in [0.05, 0.1) is 17.3 Å². The normalized spacial score (nSPS) is 10.4. The second kappa shape index (κ2) is 6.96. The predicted molar refractivity (Wildman–Crippen MR) is 94.6 cm³/mol. The molecular weight excluding hydrogens is 450 g/mol. The predicted octanol–water partition coefficient (Wildman–Crippen LogP) is 5.90. The first-order valence-corrected chi connectivity index (χ1v) is 8.41. The summed E-state index contributed by atoms with van der Waals surface area (Å²) in [5, 5.41) is 3.41. The van der Waals surface area contributed by atoms with Crippen LogP contribution in [0, 0.1) is 6.92 Å². The zero-order chi connectivity index (χ0) is 14.7. The summed E-state index contributed by atoms with van der Waals surface area (Å²) in [4.78, 5) is 0. The molecule has 106 valence electrons. The Labute approximate surface area is 144 Å². The molecule has 0 aliphatic rings. The number of rotatable bonds is 4. The van der Waals surface area contributed by atoms with Crippen LogP contribution in [0.2, 0.25) is 0 Å². The number of benzene rings is 2. The maximum Gasteiger partial charge on any atom is 0.135 e. The van der Waals surface area contributed by atoms with Crippen LogP contribution in [-0.2, 0) is 6.54 Å². The van der Waals surface area contributed by atoms with E-state index in [9.17, 15) is 0 Å². The van der Waals surface area contributed by atoms with Crippen molar-refractivity contribution in [2.45, 2.75) is 13.5 Å². The molecule has 0 spiro atoms. The van der Waals surface area contributed by atoms with Gasteiger partial charge in [-0.1, -0.05) is 28.1 Å². The maximum atomic E-state index is 5.31. The molecule has 2 nitrogen and oxygen atoms in total. The van der Waals surface area contributed by atoms with Gasteiger partial charge in [0.15, 0.2) is 0 Å². The summed E-state index contributed by atoms with van der Waals surface area (Å²) in [6, 6.07) is 10.3. The van der Waals surface area contributed by atoms with Gasteiger partial charge < -0.3 is 10.1 Å². The zero-order valence-corrected chi connectivity index (χ0v) is 15.9. The lowest BCUT2D eigenvalue weighted by Gasteiger charge is -2.12. The summed E-state index contributed by atoms with van der Waals surface area (Å²) < 4.78 is 8.37. The average Bonchev–Trinajstić information content (AvgIpc) is 2.41. The van der Waals surface area contributed by atoms with Crippen molar-refractivity contribution in [3.05, 3.63) is 54.9 Å². The van der Waals surface area contributed by atoms with Gasteiger partial charge in [-0.25, -0.2) is 0 Å². The van der Waals surface area contributed by atoms with E-state index in [0.717, 1.165) is 31.4 Å². The van der Waals surface area contributed by atoms with Crippen molar-refractivity contribution in [2.24, 2.45) is 0 Å². The van der Waals surface area contributed by atoms with Crippen molar-refractivity contribution in [2.75, 3.05) is 12.4 Å². The minimum Gasteiger partial charge on any atom is -0.495 e. The Morgan fingerprint density at radius 3 is 2.40 bits per heavy atom. The quantitative estimate of drug-likeness (QED) is 0.609. The zero-order valence-electron chi connectivity index (χ0n) is 11.1. The largest absolute Gasteiger partial charge is 0.495 e. The molecule has 0 bridgehead atoms. The highest BCUT2D eigenvalue weighted by Crippen LogP contribution is 2.34. The fraction of sp³-hybridized carbons (Fsp3) is 0.200. The minimum atomic E-state index is 0.761.